The van der Waals surface area contributed by atoms with Gasteiger partial charge in [0, 0.05) is 26.1 Å². The van der Waals surface area contributed by atoms with Gasteiger partial charge in [-0.1, -0.05) is 0 Å². The van der Waals surface area contributed by atoms with Crippen LogP contribution in [-0.2, 0) is 4.74 Å². The van der Waals surface area contributed by atoms with Gasteiger partial charge in [0.05, 0.1) is 6.10 Å². The molecule has 1 aliphatic heterocycles. The molecule has 0 spiro atoms. The van der Waals surface area contributed by atoms with E-state index in [-0.39, 0.29) is 0 Å². The normalized spacial score (nSPS) is 27.3. The molecule has 1 saturated heterocycles. The zero-order chi connectivity index (χ0) is 8.10. The summed E-state index contributed by atoms with van der Waals surface area (Å²) in [6.45, 7) is 3.25. The third kappa shape index (κ3) is 2.97. The summed E-state index contributed by atoms with van der Waals surface area (Å²) in [5.41, 5.74) is 0. The molecule has 2 nitrogen and oxygen atoms in total. The lowest BCUT2D eigenvalue weighted by molar-refractivity contribution is 0.0337. The van der Waals surface area contributed by atoms with E-state index in [9.17, 15) is 0 Å². The van der Waals surface area contributed by atoms with Crippen molar-refractivity contribution in [3.05, 3.63) is 0 Å². The number of methoxy groups -OCH3 is 1. The van der Waals surface area contributed by atoms with Gasteiger partial charge in [-0.25, -0.2) is 0 Å². The van der Waals surface area contributed by atoms with Crippen LogP contribution < -0.4 is 0 Å². The van der Waals surface area contributed by atoms with Crippen LogP contribution in [-0.4, -0.2) is 43.6 Å². The van der Waals surface area contributed by atoms with E-state index in [1.807, 2.05) is 0 Å². The Morgan fingerprint density at radius 1 is 1.64 bits per heavy atom. The molecule has 1 unspecified atom stereocenters. The summed E-state index contributed by atoms with van der Waals surface area (Å²) in [5.74, 6) is 0.733. The third-order valence-corrected chi connectivity index (χ3v) is 2.37. The Hall–Kier alpha value is 0.210. The number of likely N-dealkylation sites (tertiary alicyclic amines) is 1. The van der Waals surface area contributed by atoms with Crippen molar-refractivity contribution in [3.8, 4) is 0 Å². The number of ether oxygens (including phenoxy) is 1. The van der Waals surface area contributed by atoms with Crippen LogP contribution in [0.2, 0.25) is 0 Å². The second kappa shape index (κ2) is 4.96. The molecule has 1 rings (SSSR count). The standard InChI is InChI=1S/C8H16ClNO/c1-11-8-3-2-5-10(7-8)6-4-9/h8H,2-7H2,1H3. The molecule has 1 heterocycles. The van der Waals surface area contributed by atoms with Crippen molar-refractivity contribution in [3.63, 3.8) is 0 Å². The average Bonchev–Trinajstić information content (AvgIpc) is 2.06. The van der Waals surface area contributed by atoms with E-state index < -0.39 is 0 Å². The van der Waals surface area contributed by atoms with Crippen molar-refractivity contribution in [1.29, 1.82) is 0 Å². The van der Waals surface area contributed by atoms with Gasteiger partial charge in [-0.05, 0) is 19.4 Å². The Morgan fingerprint density at radius 2 is 2.45 bits per heavy atom. The van der Waals surface area contributed by atoms with Crippen molar-refractivity contribution < 1.29 is 4.74 Å². The highest BCUT2D eigenvalue weighted by Gasteiger charge is 2.17. The molecule has 66 valence electrons. The van der Waals surface area contributed by atoms with Gasteiger partial charge in [0.25, 0.3) is 0 Å². The third-order valence-electron chi connectivity index (χ3n) is 2.20. The first-order chi connectivity index (χ1) is 5.36. The Bertz CT molecular complexity index is 108. The molecule has 0 saturated carbocycles. The van der Waals surface area contributed by atoms with Crippen LogP contribution in [0, 0.1) is 0 Å². The van der Waals surface area contributed by atoms with Gasteiger partial charge in [0.2, 0.25) is 0 Å². The summed E-state index contributed by atoms with van der Waals surface area (Å²) in [6.07, 6.45) is 2.89. The predicted molar refractivity (Wildman–Crippen MR) is 47.2 cm³/mol. The van der Waals surface area contributed by atoms with Crippen molar-refractivity contribution in [2.24, 2.45) is 0 Å². The molecule has 0 aromatic rings. The number of piperidine rings is 1. The van der Waals surface area contributed by atoms with Crippen LogP contribution in [0.4, 0.5) is 0 Å². The zero-order valence-corrected chi connectivity index (χ0v) is 7.81. The van der Waals surface area contributed by atoms with Gasteiger partial charge in [0.1, 0.15) is 0 Å². The fourth-order valence-electron chi connectivity index (χ4n) is 1.53. The van der Waals surface area contributed by atoms with E-state index in [2.05, 4.69) is 4.90 Å². The van der Waals surface area contributed by atoms with E-state index in [0.29, 0.717) is 6.10 Å². The summed E-state index contributed by atoms with van der Waals surface area (Å²) in [5, 5.41) is 0. The Morgan fingerprint density at radius 3 is 3.09 bits per heavy atom. The summed E-state index contributed by atoms with van der Waals surface area (Å²) in [6, 6.07) is 0. The number of hydrogen-bond donors (Lipinski definition) is 0. The van der Waals surface area contributed by atoms with Gasteiger partial charge < -0.3 is 4.74 Å². The highest BCUT2D eigenvalue weighted by molar-refractivity contribution is 6.18. The molecule has 0 bridgehead atoms. The predicted octanol–water partition coefficient (Wildman–Crippen LogP) is 1.34. The van der Waals surface area contributed by atoms with Gasteiger partial charge in [0.15, 0.2) is 0 Å². The van der Waals surface area contributed by atoms with Gasteiger partial charge >= 0.3 is 0 Å². The minimum atomic E-state index is 0.437. The Kier molecular flexibility index (Phi) is 4.20. The lowest BCUT2D eigenvalue weighted by atomic mass is 10.1. The van der Waals surface area contributed by atoms with Crippen molar-refractivity contribution in [2.75, 3.05) is 32.6 Å². The Labute approximate surface area is 73.5 Å². The van der Waals surface area contributed by atoms with Crippen LogP contribution >= 0.6 is 11.6 Å². The van der Waals surface area contributed by atoms with E-state index in [4.69, 9.17) is 16.3 Å². The van der Waals surface area contributed by atoms with E-state index in [1.54, 1.807) is 7.11 Å². The molecule has 0 radical (unpaired) electrons. The van der Waals surface area contributed by atoms with Crippen LogP contribution in [0.15, 0.2) is 0 Å². The maximum Gasteiger partial charge on any atom is 0.0698 e. The molecule has 1 atom stereocenters. The van der Waals surface area contributed by atoms with Crippen LogP contribution in [0.1, 0.15) is 12.8 Å². The van der Waals surface area contributed by atoms with Crippen molar-refractivity contribution >= 4 is 11.6 Å². The number of rotatable bonds is 3. The van der Waals surface area contributed by atoms with Crippen molar-refractivity contribution in [2.45, 2.75) is 18.9 Å². The average molecular weight is 178 g/mol. The van der Waals surface area contributed by atoms with E-state index in [0.717, 1.165) is 19.0 Å². The topological polar surface area (TPSA) is 12.5 Å². The smallest absolute Gasteiger partial charge is 0.0698 e. The first-order valence-corrected chi connectivity index (χ1v) is 4.71. The van der Waals surface area contributed by atoms with E-state index in [1.165, 1.54) is 19.4 Å². The molecule has 0 aromatic heterocycles. The summed E-state index contributed by atoms with van der Waals surface area (Å²) < 4.78 is 5.28. The van der Waals surface area contributed by atoms with Gasteiger partial charge in [-0.3, -0.25) is 4.90 Å². The van der Waals surface area contributed by atoms with Gasteiger partial charge in [-0.2, -0.15) is 0 Å². The first kappa shape index (κ1) is 9.30. The lowest BCUT2D eigenvalue weighted by Gasteiger charge is -2.31. The van der Waals surface area contributed by atoms with Crippen LogP contribution in [0.3, 0.4) is 0 Å². The maximum atomic E-state index is 5.64. The molecule has 3 heteroatoms. The fourth-order valence-corrected chi connectivity index (χ4v) is 1.77. The molecule has 0 aromatic carbocycles. The summed E-state index contributed by atoms with van der Waals surface area (Å²) in [4.78, 5) is 2.37. The monoisotopic (exact) mass is 177 g/mol. The summed E-state index contributed by atoms with van der Waals surface area (Å²) >= 11 is 5.64. The number of alkyl halides is 1. The highest BCUT2D eigenvalue weighted by atomic mass is 35.5. The molecule has 0 aliphatic carbocycles. The molecule has 1 aliphatic rings. The largest absolute Gasteiger partial charge is 0.380 e. The SMILES string of the molecule is COC1CCCN(CCCl)C1. The highest BCUT2D eigenvalue weighted by Crippen LogP contribution is 2.11. The number of halogens is 1. The minimum absolute atomic E-state index is 0.437. The zero-order valence-electron chi connectivity index (χ0n) is 7.05. The molecular weight excluding hydrogens is 162 g/mol. The second-order valence-electron chi connectivity index (χ2n) is 2.99. The van der Waals surface area contributed by atoms with Gasteiger partial charge in [-0.15, -0.1) is 11.6 Å². The molecule has 0 amide bonds. The second-order valence-corrected chi connectivity index (χ2v) is 3.37. The fraction of sp³-hybridized carbons (Fsp3) is 1.00. The quantitative estimate of drug-likeness (QED) is 0.604. The van der Waals surface area contributed by atoms with E-state index >= 15 is 0 Å². The maximum absolute atomic E-state index is 5.64. The van der Waals surface area contributed by atoms with Crippen LogP contribution in [0.25, 0.3) is 0 Å². The molecule has 0 N–H and O–H groups in total. The minimum Gasteiger partial charge on any atom is -0.380 e. The lowest BCUT2D eigenvalue weighted by Crippen LogP contribution is -2.40. The number of hydrogen-bond acceptors (Lipinski definition) is 2. The Balaban J connectivity index is 2.21. The molecule has 11 heavy (non-hydrogen) atoms. The van der Waals surface area contributed by atoms with Crippen LogP contribution in [0.5, 0.6) is 0 Å². The molecule has 1 fully saturated rings. The number of nitrogens with zero attached hydrogens (tertiary/aromatic N) is 1. The summed E-state index contributed by atoms with van der Waals surface area (Å²) in [7, 11) is 1.79. The van der Waals surface area contributed by atoms with Crippen molar-refractivity contribution in [1.82, 2.24) is 4.90 Å². The molecular formula is C8H16ClNO. The first-order valence-electron chi connectivity index (χ1n) is 4.18.